The maximum absolute atomic E-state index is 9.72. The first kappa shape index (κ1) is 21.7. The van der Waals surface area contributed by atoms with Gasteiger partial charge in [-0.2, -0.15) is 5.26 Å². The van der Waals surface area contributed by atoms with Gasteiger partial charge in [0.15, 0.2) is 0 Å². The molecule has 0 spiro atoms. The number of allylic oxidation sites excluding steroid dienone is 1. The molecule has 0 aliphatic heterocycles. The summed E-state index contributed by atoms with van der Waals surface area (Å²) in [6.07, 6.45) is 1.90. The van der Waals surface area contributed by atoms with E-state index in [1.165, 1.54) is 0 Å². The van der Waals surface area contributed by atoms with Gasteiger partial charge in [0, 0.05) is 0 Å². The van der Waals surface area contributed by atoms with E-state index >= 15 is 0 Å². The molecule has 0 bridgehead atoms. The molecule has 0 saturated heterocycles. The van der Waals surface area contributed by atoms with Crippen LogP contribution in [0.4, 0.5) is 0 Å². The lowest BCUT2D eigenvalue weighted by Gasteiger charge is -2.10. The summed E-state index contributed by atoms with van der Waals surface area (Å²) in [4.78, 5) is 0. The molecular formula is C26H16Cl2INO. The summed E-state index contributed by atoms with van der Waals surface area (Å²) in [5.74, 6) is 0.771. The summed E-state index contributed by atoms with van der Waals surface area (Å²) >= 11 is 14.3. The fraction of sp³-hybridized carbons (Fsp3) is 0.0385. The molecule has 4 rings (SSSR count). The van der Waals surface area contributed by atoms with Crippen LogP contribution in [0.2, 0.25) is 10.0 Å². The van der Waals surface area contributed by atoms with E-state index in [-0.39, 0.29) is 0 Å². The molecule has 0 amide bonds. The second-order valence-corrected chi connectivity index (χ2v) is 8.94. The number of hydrogen-bond donors (Lipinski definition) is 0. The highest BCUT2D eigenvalue weighted by Crippen LogP contribution is 2.28. The van der Waals surface area contributed by atoms with Crippen LogP contribution < -0.4 is 4.74 Å². The Hall–Kier alpha value is -2.52. The molecule has 31 heavy (non-hydrogen) atoms. The van der Waals surface area contributed by atoms with Crippen molar-refractivity contribution in [1.29, 1.82) is 5.26 Å². The van der Waals surface area contributed by atoms with Gasteiger partial charge in [0.2, 0.25) is 0 Å². The van der Waals surface area contributed by atoms with E-state index in [2.05, 4.69) is 40.8 Å². The monoisotopic (exact) mass is 555 g/mol. The fourth-order valence-electron chi connectivity index (χ4n) is 3.22. The Bertz CT molecular complexity index is 1340. The molecule has 0 aliphatic rings. The first-order valence-corrected chi connectivity index (χ1v) is 11.3. The highest BCUT2D eigenvalue weighted by atomic mass is 127. The lowest BCUT2D eigenvalue weighted by Crippen LogP contribution is -1.97. The highest BCUT2D eigenvalue weighted by molar-refractivity contribution is 14.1. The van der Waals surface area contributed by atoms with Gasteiger partial charge in [-0.3, -0.25) is 0 Å². The van der Waals surface area contributed by atoms with Crippen LogP contribution in [0.15, 0.2) is 78.9 Å². The van der Waals surface area contributed by atoms with E-state index in [0.29, 0.717) is 22.2 Å². The van der Waals surface area contributed by atoms with Gasteiger partial charge in [-0.1, -0.05) is 71.7 Å². The summed E-state index contributed by atoms with van der Waals surface area (Å²) in [5, 5.41) is 13.0. The largest absolute Gasteiger partial charge is 0.488 e. The zero-order valence-electron chi connectivity index (χ0n) is 16.3. The zero-order chi connectivity index (χ0) is 21.8. The first-order chi connectivity index (χ1) is 15.0. The van der Waals surface area contributed by atoms with Crippen molar-refractivity contribution in [2.45, 2.75) is 6.61 Å². The van der Waals surface area contributed by atoms with Gasteiger partial charge in [-0.25, -0.2) is 0 Å². The van der Waals surface area contributed by atoms with Gasteiger partial charge < -0.3 is 4.74 Å². The molecule has 152 valence electrons. The Labute approximate surface area is 204 Å². The second kappa shape index (κ2) is 9.74. The van der Waals surface area contributed by atoms with Crippen LogP contribution in [0.5, 0.6) is 5.75 Å². The topological polar surface area (TPSA) is 33.0 Å². The van der Waals surface area contributed by atoms with E-state index in [1.807, 2.05) is 60.7 Å². The lowest BCUT2D eigenvalue weighted by atomic mass is 10.0. The molecule has 0 aliphatic carbocycles. The SMILES string of the molecule is N#C/C(=C/c1ccc(OCc2ccc(Cl)c(Cl)c2)c(I)c1)c1ccc2ccccc2c1. The Morgan fingerprint density at radius 2 is 1.71 bits per heavy atom. The normalized spacial score (nSPS) is 11.4. The minimum atomic E-state index is 0.391. The van der Waals surface area contributed by atoms with Crippen molar-refractivity contribution >= 4 is 68.2 Å². The molecule has 0 heterocycles. The van der Waals surface area contributed by atoms with E-state index in [4.69, 9.17) is 27.9 Å². The molecule has 0 unspecified atom stereocenters. The van der Waals surface area contributed by atoms with Gasteiger partial charge in [0.25, 0.3) is 0 Å². The number of nitrogens with zero attached hydrogens (tertiary/aromatic N) is 1. The van der Waals surface area contributed by atoms with E-state index < -0.39 is 0 Å². The molecule has 2 nitrogen and oxygen atoms in total. The van der Waals surface area contributed by atoms with Gasteiger partial charge >= 0.3 is 0 Å². The molecule has 5 heteroatoms. The number of hydrogen-bond acceptors (Lipinski definition) is 2. The van der Waals surface area contributed by atoms with Gasteiger partial charge in [0.1, 0.15) is 12.4 Å². The number of benzene rings is 4. The van der Waals surface area contributed by atoms with Crippen molar-refractivity contribution in [1.82, 2.24) is 0 Å². The molecule has 0 radical (unpaired) electrons. The lowest BCUT2D eigenvalue weighted by molar-refractivity contribution is 0.304. The summed E-state index contributed by atoms with van der Waals surface area (Å²) in [6.45, 7) is 0.391. The minimum absolute atomic E-state index is 0.391. The Morgan fingerprint density at radius 3 is 2.45 bits per heavy atom. The molecule has 4 aromatic carbocycles. The smallest absolute Gasteiger partial charge is 0.133 e. The van der Waals surface area contributed by atoms with Crippen LogP contribution >= 0.6 is 45.8 Å². The average molecular weight is 556 g/mol. The van der Waals surface area contributed by atoms with E-state index in [9.17, 15) is 5.26 Å². The molecule has 0 saturated carbocycles. The fourth-order valence-corrected chi connectivity index (χ4v) is 4.23. The Balaban J connectivity index is 1.54. The van der Waals surface area contributed by atoms with Crippen molar-refractivity contribution in [3.05, 3.63) is 109 Å². The molecule has 0 fully saturated rings. The van der Waals surface area contributed by atoms with Crippen LogP contribution in [0.1, 0.15) is 16.7 Å². The van der Waals surface area contributed by atoms with Crippen LogP contribution in [-0.4, -0.2) is 0 Å². The number of halogens is 3. The molecule has 0 atom stereocenters. The third kappa shape index (κ3) is 5.22. The van der Waals surface area contributed by atoms with Crippen LogP contribution in [0.25, 0.3) is 22.4 Å². The van der Waals surface area contributed by atoms with E-state index in [1.54, 1.807) is 12.1 Å². The van der Waals surface area contributed by atoms with Crippen molar-refractivity contribution in [2.24, 2.45) is 0 Å². The van der Waals surface area contributed by atoms with Crippen molar-refractivity contribution < 1.29 is 4.74 Å². The zero-order valence-corrected chi connectivity index (χ0v) is 19.9. The summed E-state index contributed by atoms with van der Waals surface area (Å²) in [5.41, 5.74) is 3.40. The Kier molecular flexibility index (Phi) is 6.82. The Morgan fingerprint density at radius 1 is 0.903 bits per heavy atom. The quantitative estimate of drug-likeness (QED) is 0.141. The van der Waals surface area contributed by atoms with Gasteiger partial charge in [0.05, 0.1) is 25.3 Å². The molecular weight excluding hydrogens is 540 g/mol. The van der Waals surface area contributed by atoms with Crippen molar-refractivity contribution in [3.63, 3.8) is 0 Å². The van der Waals surface area contributed by atoms with Gasteiger partial charge in [-0.05, 0) is 86.5 Å². The maximum Gasteiger partial charge on any atom is 0.133 e. The van der Waals surface area contributed by atoms with Crippen molar-refractivity contribution in [2.75, 3.05) is 0 Å². The standard InChI is InChI=1S/C26H16Cl2INO/c27-23-9-5-18(12-24(23)28)16-31-26-10-6-17(13-25(26)29)11-22(15-30)21-8-7-19-3-1-2-4-20(19)14-21/h1-14H,16H2/b22-11-. The summed E-state index contributed by atoms with van der Waals surface area (Å²) in [7, 11) is 0. The van der Waals surface area contributed by atoms with Crippen LogP contribution in [0.3, 0.4) is 0 Å². The second-order valence-electron chi connectivity index (χ2n) is 6.96. The predicted molar refractivity (Wildman–Crippen MR) is 137 cm³/mol. The summed E-state index contributed by atoms with van der Waals surface area (Å²) in [6, 6.07) is 27.8. The van der Waals surface area contributed by atoms with Crippen molar-refractivity contribution in [3.8, 4) is 11.8 Å². The summed E-state index contributed by atoms with van der Waals surface area (Å²) < 4.78 is 6.90. The maximum atomic E-state index is 9.72. The third-order valence-electron chi connectivity index (χ3n) is 4.83. The van der Waals surface area contributed by atoms with E-state index in [0.717, 1.165) is 36.8 Å². The van der Waals surface area contributed by atoms with Crippen LogP contribution in [0, 0.1) is 14.9 Å². The third-order valence-corrected chi connectivity index (χ3v) is 6.41. The van der Waals surface area contributed by atoms with Crippen LogP contribution in [-0.2, 0) is 6.61 Å². The molecule has 4 aromatic rings. The number of nitriles is 1. The minimum Gasteiger partial charge on any atom is -0.488 e. The number of ether oxygens (including phenoxy) is 1. The molecule has 0 N–H and O–H groups in total. The predicted octanol–water partition coefficient (Wildman–Crippen LogP) is 8.39. The first-order valence-electron chi connectivity index (χ1n) is 9.51. The van der Waals surface area contributed by atoms with Gasteiger partial charge in [-0.15, -0.1) is 0 Å². The average Bonchev–Trinajstić information content (AvgIpc) is 2.78. The molecule has 0 aromatic heterocycles. The highest BCUT2D eigenvalue weighted by Gasteiger charge is 2.07. The number of rotatable bonds is 5. The number of fused-ring (bicyclic) bond motifs is 1.